The van der Waals surface area contributed by atoms with Gasteiger partial charge in [-0.15, -0.1) is 0 Å². The smallest absolute Gasteiger partial charge is 0.352 e. The third-order valence-corrected chi connectivity index (χ3v) is 6.44. The van der Waals surface area contributed by atoms with Crippen molar-refractivity contribution in [1.29, 1.82) is 0 Å². The Kier molecular flexibility index (Phi) is 6.23. The molecule has 3 aromatic carbocycles. The van der Waals surface area contributed by atoms with Crippen molar-refractivity contribution in [2.75, 3.05) is 12.0 Å². The number of para-hydroxylation sites is 1. The molecule has 1 aliphatic rings. The number of ether oxygens (including phenoxy) is 1. The number of aromatic amines is 1. The average Bonchev–Trinajstić information content (AvgIpc) is 3.21. The van der Waals surface area contributed by atoms with Gasteiger partial charge in [0, 0.05) is 11.3 Å². The second-order valence-electron chi connectivity index (χ2n) is 8.84. The highest BCUT2D eigenvalue weighted by atomic mass is 16.5. The molecule has 0 radical (unpaired) electrons. The van der Waals surface area contributed by atoms with Gasteiger partial charge in [0.1, 0.15) is 5.75 Å². The van der Waals surface area contributed by atoms with Crippen molar-refractivity contribution in [3.05, 3.63) is 135 Å². The summed E-state index contributed by atoms with van der Waals surface area (Å²) >= 11 is 0. The first-order valence-corrected chi connectivity index (χ1v) is 11.8. The number of methoxy groups -OCH3 is 1. The van der Waals surface area contributed by atoms with E-state index in [-0.39, 0.29) is 11.9 Å². The number of hydrogen-bond acceptors (Lipinski definition) is 4. The van der Waals surface area contributed by atoms with E-state index in [2.05, 4.69) is 11.7 Å². The number of β-lactam (4-membered cyclic amide) rings is 1. The Bertz CT molecular complexity index is 1600. The molecule has 2 heterocycles. The van der Waals surface area contributed by atoms with Crippen molar-refractivity contribution in [1.82, 2.24) is 14.3 Å². The van der Waals surface area contributed by atoms with Crippen LogP contribution in [0.5, 0.6) is 5.75 Å². The number of H-pyrrole nitrogens is 1. The van der Waals surface area contributed by atoms with Crippen LogP contribution >= 0.6 is 0 Å². The van der Waals surface area contributed by atoms with E-state index in [0.29, 0.717) is 22.6 Å². The van der Waals surface area contributed by atoms with E-state index in [9.17, 15) is 14.4 Å². The molecule has 1 fully saturated rings. The summed E-state index contributed by atoms with van der Waals surface area (Å²) < 4.78 is 7.54. The number of anilines is 1. The van der Waals surface area contributed by atoms with Crippen molar-refractivity contribution in [3.63, 3.8) is 0 Å². The molecule has 1 aromatic heterocycles. The van der Waals surface area contributed by atoms with Crippen molar-refractivity contribution in [3.8, 4) is 11.4 Å². The number of allylic oxidation sites excluding steroid dienone is 2. The van der Waals surface area contributed by atoms with Gasteiger partial charge in [-0.2, -0.15) is 0 Å². The molecule has 5 rings (SSSR count). The van der Waals surface area contributed by atoms with Gasteiger partial charge in [0.15, 0.2) is 0 Å². The monoisotopic (exact) mass is 494 g/mol. The minimum Gasteiger partial charge on any atom is -0.497 e. The Labute approximate surface area is 213 Å². The highest BCUT2D eigenvalue weighted by molar-refractivity contribution is 6.15. The highest BCUT2D eigenvalue weighted by Gasteiger charge is 2.44. The van der Waals surface area contributed by atoms with Crippen molar-refractivity contribution in [2.45, 2.75) is 19.0 Å². The summed E-state index contributed by atoms with van der Waals surface area (Å²) in [5.74, 6) is 0.500. The van der Waals surface area contributed by atoms with Gasteiger partial charge < -0.3 is 4.74 Å². The Morgan fingerprint density at radius 1 is 0.919 bits per heavy atom. The van der Waals surface area contributed by atoms with E-state index < -0.39 is 17.4 Å². The number of carbonyl (C=O) groups excluding carboxylic acids is 1. The number of nitrogens with one attached hydrogen (secondary N) is 1. The lowest BCUT2D eigenvalue weighted by molar-refractivity contribution is -0.119. The van der Waals surface area contributed by atoms with Crippen molar-refractivity contribution >= 4 is 11.6 Å². The molecule has 1 aliphatic heterocycles. The summed E-state index contributed by atoms with van der Waals surface area (Å²) in [7, 11) is 1.59. The van der Waals surface area contributed by atoms with Crippen LogP contribution in [0.2, 0.25) is 0 Å². The minimum absolute atomic E-state index is 0.192. The number of amides is 1. The van der Waals surface area contributed by atoms with E-state index >= 15 is 0 Å². The topological polar surface area (TPSA) is 89.3 Å². The van der Waals surface area contributed by atoms with Gasteiger partial charge in [0.25, 0.3) is 5.91 Å². The molecule has 4 aromatic rings. The molecular weight excluding hydrogens is 468 g/mol. The first-order chi connectivity index (χ1) is 17.9. The van der Waals surface area contributed by atoms with Crippen molar-refractivity contribution in [2.24, 2.45) is 0 Å². The summed E-state index contributed by atoms with van der Waals surface area (Å²) in [5.41, 5.74) is 2.09. The molecule has 0 spiro atoms. The van der Waals surface area contributed by atoms with Gasteiger partial charge in [0.05, 0.1) is 24.9 Å². The molecule has 2 unspecified atom stereocenters. The van der Waals surface area contributed by atoms with Gasteiger partial charge in [-0.3, -0.25) is 9.69 Å². The van der Waals surface area contributed by atoms with Crippen LogP contribution < -0.4 is 21.0 Å². The molecule has 1 N–H and O–H groups in total. The lowest BCUT2D eigenvalue weighted by Gasteiger charge is -2.43. The Morgan fingerprint density at radius 3 is 2.14 bits per heavy atom. The lowest BCUT2D eigenvalue weighted by Crippen LogP contribution is -2.49. The van der Waals surface area contributed by atoms with Crippen LogP contribution in [0.15, 0.2) is 118 Å². The number of rotatable bonds is 7. The SMILES string of the molecule is C=C(C)C(/C=C1\C(=O)N(c2ccc(OC)cc2)C1c1ccccc1)n1[nH]c(=O)n(-c2ccccc2)c1=O. The maximum absolute atomic E-state index is 13.5. The fourth-order valence-corrected chi connectivity index (χ4v) is 4.58. The van der Waals surface area contributed by atoms with Gasteiger partial charge in [-0.05, 0) is 55.0 Å². The van der Waals surface area contributed by atoms with Crippen LogP contribution in [0.3, 0.4) is 0 Å². The first kappa shape index (κ1) is 23.9. The average molecular weight is 495 g/mol. The fourth-order valence-electron chi connectivity index (χ4n) is 4.58. The Morgan fingerprint density at radius 2 is 1.54 bits per heavy atom. The zero-order valence-corrected chi connectivity index (χ0v) is 20.5. The maximum atomic E-state index is 13.5. The maximum Gasteiger partial charge on any atom is 0.352 e. The molecule has 8 heteroatoms. The van der Waals surface area contributed by atoms with E-state index in [1.165, 1.54) is 4.68 Å². The molecule has 186 valence electrons. The van der Waals surface area contributed by atoms with E-state index in [0.717, 1.165) is 15.8 Å². The summed E-state index contributed by atoms with van der Waals surface area (Å²) in [4.78, 5) is 41.3. The second-order valence-corrected chi connectivity index (χ2v) is 8.84. The molecule has 1 amide bonds. The third-order valence-electron chi connectivity index (χ3n) is 6.44. The quantitative estimate of drug-likeness (QED) is 0.237. The van der Waals surface area contributed by atoms with Crippen molar-refractivity contribution < 1.29 is 9.53 Å². The van der Waals surface area contributed by atoms with Gasteiger partial charge in [-0.1, -0.05) is 60.7 Å². The number of benzene rings is 3. The van der Waals surface area contributed by atoms with E-state index in [4.69, 9.17) is 4.74 Å². The van der Waals surface area contributed by atoms with E-state index in [1.54, 1.807) is 67.5 Å². The first-order valence-electron chi connectivity index (χ1n) is 11.8. The lowest BCUT2D eigenvalue weighted by atomic mass is 9.85. The van der Waals surface area contributed by atoms with Crippen LogP contribution in [0, 0.1) is 0 Å². The normalized spacial score (nSPS) is 16.9. The summed E-state index contributed by atoms with van der Waals surface area (Å²) in [6, 6.07) is 24.5. The molecule has 0 saturated carbocycles. The number of aromatic nitrogens is 3. The molecule has 37 heavy (non-hydrogen) atoms. The number of carbonyl (C=O) groups is 1. The molecule has 0 aliphatic carbocycles. The van der Waals surface area contributed by atoms with Crippen LogP contribution in [0.25, 0.3) is 5.69 Å². The number of nitrogens with zero attached hydrogens (tertiary/aromatic N) is 3. The zero-order chi connectivity index (χ0) is 26.1. The molecule has 2 atom stereocenters. The predicted octanol–water partition coefficient (Wildman–Crippen LogP) is 4.17. The summed E-state index contributed by atoms with van der Waals surface area (Å²) in [6.45, 7) is 5.80. The third kappa shape index (κ3) is 4.23. The molecule has 0 bridgehead atoms. The number of hydrogen-bond donors (Lipinski definition) is 1. The largest absolute Gasteiger partial charge is 0.497 e. The highest BCUT2D eigenvalue weighted by Crippen LogP contribution is 2.44. The summed E-state index contributed by atoms with van der Waals surface area (Å²) in [5, 5.41) is 2.64. The Hall–Kier alpha value is -4.85. The van der Waals surface area contributed by atoms with Crippen LogP contribution in [-0.2, 0) is 4.79 Å². The standard InChI is InChI=1S/C29H26N4O4/c1-19(2)25(33-29(36)32(28(35)30-33)21-12-8-5-9-13-21)18-24-26(20-10-6-4-7-11-20)31(27(24)34)22-14-16-23(37-3)17-15-22/h4-18,25-26H,1H2,2-3H3,(H,30,35)/b24-18-. The Balaban J connectivity index is 1.59. The summed E-state index contributed by atoms with van der Waals surface area (Å²) in [6.07, 6.45) is 1.72. The molecule has 1 saturated heterocycles. The van der Waals surface area contributed by atoms with Crippen LogP contribution in [-0.4, -0.2) is 27.4 Å². The van der Waals surface area contributed by atoms with Crippen LogP contribution in [0.1, 0.15) is 24.6 Å². The molecule has 8 nitrogen and oxygen atoms in total. The molecular formula is C29H26N4O4. The zero-order valence-electron chi connectivity index (χ0n) is 20.5. The fraction of sp³-hybridized carbons (Fsp3) is 0.138. The van der Waals surface area contributed by atoms with Gasteiger partial charge in [-0.25, -0.2) is 23.9 Å². The minimum atomic E-state index is -0.728. The van der Waals surface area contributed by atoms with Gasteiger partial charge >= 0.3 is 11.4 Å². The second kappa shape index (κ2) is 9.66. The predicted molar refractivity (Wildman–Crippen MR) is 142 cm³/mol. The van der Waals surface area contributed by atoms with Crippen LogP contribution in [0.4, 0.5) is 5.69 Å². The van der Waals surface area contributed by atoms with Gasteiger partial charge in [0.2, 0.25) is 0 Å². The van der Waals surface area contributed by atoms with E-state index in [1.807, 2.05) is 42.5 Å².